The van der Waals surface area contributed by atoms with Gasteiger partial charge in [-0.2, -0.15) is 5.26 Å². The molecule has 0 aliphatic heterocycles. The molecule has 0 aromatic heterocycles. The van der Waals surface area contributed by atoms with E-state index >= 15 is 0 Å². The molecule has 0 spiro atoms. The summed E-state index contributed by atoms with van der Waals surface area (Å²) in [7, 11) is 1.56. The van der Waals surface area contributed by atoms with E-state index in [1.165, 1.54) is 6.07 Å². The maximum absolute atomic E-state index is 11.5. The van der Waals surface area contributed by atoms with Gasteiger partial charge in [0.15, 0.2) is 11.5 Å². The molecule has 0 unspecified atom stereocenters. The first-order valence-electron chi connectivity index (χ1n) is 10.1. The van der Waals surface area contributed by atoms with Crippen LogP contribution < -0.4 is 14.2 Å². The van der Waals surface area contributed by atoms with Gasteiger partial charge >= 0.3 is 5.69 Å². The summed E-state index contributed by atoms with van der Waals surface area (Å²) in [6.07, 6.45) is 1.69. The highest BCUT2D eigenvalue weighted by Gasteiger charge is 2.23. The fraction of sp³-hybridized carbons (Fsp3) is 0.125. The van der Waals surface area contributed by atoms with E-state index in [1.54, 1.807) is 56.5 Å². The van der Waals surface area contributed by atoms with Crippen molar-refractivity contribution in [1.29, 1.82) is 5.26 Å². The average molecular weight is 587 g/mol. The van der Waals surface area contributed by atoms with Crippen molar-refractivity contribution < 1.29 is 24.1 Å². The minimum Gasteiger partial charge on any atom is -0.497 e. The van der Waals surface area contributed by atoms with Crippen LogP contribution in [0.15, 0.2) is 54.6 Å². The van der Waals surface area contributed by atoms with Crippen LogP contribution in [0.5, 0.6) is 23.0 Å². The lowest BCUT2D eigenvalue weighted by molar-refractivity contribution is -0.394. The minimum atomic E-state index is -0.749. The molecule has 0 N–H and O–H groups in total. The Bertz CT molecular complexity index is 1350. The normalized spacial score (nSPS) is 10.9. The second kappa shape index (κ2) is 11.3. The highest BCUT2D eigenvalue weighted by molar-refractivity contribution is 14.1. The van der Waals surface area contributed by atoms with Gasteiger partial charge in [0.25, 0.3) is 5.69 Å². The van der Waals surface area contributed by atoms with Gasteiger partial charge in [-0.05, 0) is 89.2 Å². The van der Waals surface area contributed by atoms with E-state index in [0.717, 1.165) is 12.1 Å². The third-order valence-electron chi connectivity index (χ3n) is 4.73. The largest absolute Gasteiger partial charge is 0.497 e. The Hall–Kier alpha value is -4.18. The number of hydrogen-bond acceptors (Lipinski definition) is 8. The van der Waals surface area contributed by atoms with Crippen molar-refractivity contribution in [1.82, 2.24) is 0 Å². The SMILES string of the molecule is CCOc1cc(/C=C(\C#N)c2ccc(OC)cc2)cc(I)c1Oc1ccc([N+](=O)[O-])cc1[N+](=O)[O-]. The summed E-state index contributed by atoms with van der Waals surface area (Å²) in [5, 5.41) is 32.2. The van der Waals surface area contributed by atoms with Gasteiger partial charge in [0.05, 0.1) is 44.8 Å². The van der Waals surface area contributed by atoms with Crippen LogP contribution in [0.2, 0.25) is 0 Å². The van der Waals surface area contributed by atoms with Crippen molar-refractivity contribution >= 4 is 45.6 Å². The van der Waals surface area contributed by atoms with Crippen molar-refractivity contribution in [2.45, 2.75) is 6.92 Å². The number of non-ortho nitro benzene ring substituents is 1. The zero-order valence-corrected chi connectivity index (χ0v) is 20.7. The van der Waals surface area contributed by atoms with Gasteiger partial charge in [-0.1, -0.05) is 0 Å². The second-order valence-corrected chi connectivity index (χ2v) is 8.09. The van der Waals surface area contributed by atoms with Gasteiger partial charge in [-0.25, -0.2) is 0 Å². The number of methoxy groups -OCH3 is 1. The lowest BCUT2D eigenvalue weighted by Gasteiger charge is -2.15. The third-order valence-corrected chi connectivity index (χ3v) is 5.53. The average Bonchev–Trinajstić information content (AvgIpc) is 2.84. The molecule has 10 nitrogen and oxygen atoms in total. The molecular weight excluding hydrogens is 569 g/mol. The van der Waals surface area contributed by atoms with Crippen LogP contribution in [0.3, 0.4) is 0 Å². The summed E-state index contributed by atoms with van der Waals surface area (Å²) in [5.74, 6) is 1.01. The molecule has 11 heteroatoms. The predicted octanol–water partition coefficient (Wildman–Crippen LogP) is 6.37. The Labute approximate surface area is 213 Å². The number of ether oxygens (including phenoxy) is 3. The van der Waals surface area contributed by atoms with Crippen LogP contribution in [0.4, 0.5) is 11.4 Å². The molecule has 0 amide bonds. The van der Waals surface area contributed by atoms with E-state index in [0.29, 0.717) is 31.8 Å². The Morgan fingerprint density at radius 3 is 2.34 bits per heavy atom. The summed E-state index contributed by atoms with van der Waals surface area (Å²) in [6, 6.07) is 15.8. The summed E-state index contributed by atoms with van der Waals surface area (Å²) in [4.78, 5) is 21.0. The quantitative estimate of drug-likeness (QED) is 0.0926. The van der Waals surface area contributed by atoms with Gasteiger partial charge in [0, 0.05) is 6.07 Å². The molecule has 35 heavy (non-hydrogen) atoms. The van der Waals surface area contributed by atoms with Crippen molar-refractivity contribution in [3.05, 3.63) is 89.5 Å². The highest BCUT2D eigenvalue weighted by Crippen LogP contribution is 2.42. The highest BCUT2D eigenvalue weighted by atomic mass is 127. The van der Waals surface area contributed by atoms with Gasteiger partial charge in [0.2, 0.25) is 5.75 Å². The van der Waals surface area contributed by atoms with Crippen molar-refractivity contribution in [2.24, 2.45) is 0 Å². The first kappa shape index (κ1) is 25.4. The van der Waals surface area contributed by atoms with Crippen LogP contribution in [-0.4, -0.2) is 23.6 Å². The van der Waals surface area contributed by atoms with Crippen LogP contribution in [0.25, 0.3) is 11.6 Å². The number of nitrogens with zero attached hydrogens (tertiary/aromatic N) is 3. The Kier molecular flexibility index (Phi) is 8.21. The Morgan fingerprint density at radius 1 is 1.06 bits per heavy atom. The fourth-order valence-electron chi connectivity index (χ4n) is 3.11. The molecule has 0 fully saturated rings. The summed E-state index contributed by atoms with van der Waals surface area (Å²) < 4.78 is 17.2. The molecule has 3 rings (SSSR count). The van der Waals surface area contributed by atoms with Gasteiger partial charge in [0.1, 0.15) is 5.75 Å². The van der Waals surface area contributed by atoms with Crippen LogP contribution in [-0.2, 0) is 0 Å². The predicted molar refractivity (Wildman–Crippen MR) is 137 cm³/mol. The smallest absolute Gasteiger partial charge is 0.318 e. The molecule has 0 heterocycles. The number of nitriles is 1. The summed E-state index contributed by atoms with van der Waals surface area (Å²) >= 11 is 2.00. The number of hydrogen-bond donors (Lipinski definition) is 0. The number of halogens is 1. The van der Waals surface area contributed by atoms with Gasteiger partial charge < -0.3 is 14.2 Å². The molecule has 0 radical (unpaired) electrons. The maximum atomic E-state index is 11.5. The molecule has 0 aliphatic carbocycles. The summed E-state index contributed by atoms with van der Waals surface area (Å²) in [5.41, 5.74) is 0.781. The number of nitro groups is 2. The van der Waals surface area contributed by atoms with E-state index < -0.39 is 21.2 Å². The van der Waals surface area contributed by atoms with E-state index in [-0.39, 0.29) is 18.1 Å². The standard InChI is InChI=1S/C24H18IN3O7/c1-3-34-23-12-15(10-17(14-26)16-4-7-19(33-2)8-5-16)11-20(25)24(23)35-22-9-6-18(27(29)30)13-21(22)28(31)32/h4-13H,3H2,1-2H3/b17-10+. The molecule has 3 aromatic rings. The van der Waals surface area contributed by atoms with E-state index in [2.05, 4.69) is 6.07 Å². The molecule has 0 atom stereocenters. The molecule has 0 bridgehead atoms. The van der Waals surface area contributed by atoms with Crippen molar-refractivity contribution in [3.63, 3.8) is 0 Å². The van der Waals surface area contributed by atoms with Crippen LogP contribution in [0, 0.1) is 35.1 Å². The number of nitro benzene ring substituents is 2. The second-order valence-electron chi connectivity index (χ2n) is 6.93. The fourth-order valence-corrected chi connectivity index (χ4v) is 3.84. The molecule has 0 saturated carbocycles. The monoisotopic (exact) mass is 587 g/mol. The minimum absolute atomic E-state index is 0.168. The van der Waals surface area contributed by atoms with E-state index in [9.17, 15) is 25.5 Å². The number of rotatable bonds is 9. The third kappa shape index (κ3) is 6.04. The van der Waals surface area contributed by atoms with Crippen molar-refractivity contribution in [3.8, 4) is 29.1 Å². The molecule has 0 aliphatic rings. The molecule has 0 saturated heterocycles. The lowest BCUT2D eigenvalue weighted by Crippen LogP contribution is -2.00. The van der Waals surface area contributed by atoms with E-state index in [1.807, 2.05) is 22.6 Å². The van der Waals surface area contributed by atoms with Crippen molar-refractivity contribution in [2.75, 3.05) is 13.7 Å². The molecule has 178 valence electrons. The molecule has 3 aromatic carbocycles. The maximum Gasteiger partial charge on any atom is 0.318 e. The topological polar surface area (TPSA) is 138 Å². The zero-order chi connectivity index (χ0) is 25.5. The lowest BCUT2D eigenvalue weighted by atomic mass is 10.0. The van der Waals surface area contributed by atoms with Gasteiger partial charge in [-0.15, -0.1) is 0 Å². The zero-order valence-electron chi connectivity index (χ0n) is 18.6. The van der Waals surface area contributed by atoms with E-state index in [4.69, 9.17) is 14.2 Å². The first-order valence-corrected chi connectivity index (χ1v) is 11.2. The molecular formula is C24H18IN3O7. The first-order chi connectivity index (χ1) is 16.8. The number of benzene rings is 3. The summed E-state index contributed by atoms with van der Waals surface area (Å²) in [6.45, 7) is 2.05. The Morgan fingerprint density at radius 2 is 1.77 bits per heavy atom. The van der Waals surface area contributed by atoms with Gasteiger partial charge in [-0.3, -0.25) is 20.2 Å². The Balaban J connectivity index is 2.04. The van der Waals surface area contributed by atoms with Crippen LogP contribution >= 0.6 is 22.6 Å². The number of allylic oxidation sites excluding steroid dienone is 1. The van der Waals surface area contributed by atoms with Crippen LogP contribution in [0.1, 0.15) is 18.1 Å².